The second-order valence-electron chi connectivity index (χ2n) is 12.1. The molecule has 9 N–H and O–H groups in total. The summed E-state index contributed by atoms with van der Waals surface area (Å²) in [5, 5.41) is 38.3. The highest BCUT2D eigenvalue weighted by Crippen LogP contribution is 2.20. The largest absolute Gasteiger partial charge is 0.508 e. The van der Waals surface area contributed by atoms with Gasteiger partial charge in [0.25, 0.3) is 0 Å². The fourth-order valence-corrected chi connectivity index (χ4v) is 5.66. The number of fused-ring (bicyclic) bond motifs is 1. The fourth-order valence-electron chi connectivity index (χ4n) is 5.66. The molecule has 0 radical (unpaired) electrons. The van der Waals surface area contributed by atoms with E-state index < -0.39 is 47.9 Å². The summed E-state index contributed by atoms with van der Waals surface area (Å²) in [6.07, 6.45) is 1.89. The van der Waals surface area contributed by atoms with E-state index in [1.807, 2.05) is 24.3 Å². The SMILES string of the molecule is NC(Cc1ccc(O)cc1)C(=O)NC(Cc1ccc(O)cc1)C(=O)NC(Cc1c[nH]c2ccccc12)C(=O)NC(Cc1ccccc1)C(=O)O. The van der Waals surface area contributed by atoms with Crippen molar-refractivity contribution in [3.8, 4) is 11.5 Å². The number of phenols is 2. The quantitative estimate of drug-likeness (QED) is 0.0825. The van der Waals surface area contributed by atoms with Gasteiger partial charge in [0.1, 0.15) is 29.6 Å². The van der Waals surface area contributed by atoms with Crippen LogP contribution in [0.2, 0.25) is 0 Å². The molecule has 3 amide bonds. The minimum Gasteiger partial charge on any atom is -0.508 e. The molecule has 4 aromatic carbocycles. The second kappa shape index (κ2) is 16.3. The molecule has 0 fully saturated rings. The number of aromatic hydroxyl groups is 2. The van der Waals surface area contributed by atoms with Gasteiger partial charge in [-0.05, 0) is 59.0 Å². The smallest absolute Gasteiger partial charge is 0.326 e. The number of hydrogen-bond donors (Lipinski definition) is 8. The summed E-state index contributed by atoms with van der Waals surface area (Å²) in [7, 11) is 0. The molecule has 0 bridgehead atoms. The Hall–Kier alpha value is -6.14. The van der Waals surface area contributed by atoms with Gasteiger partial charge >= 0.3 is 5.97 Å². The molecular formula is C38H39N5O7. The van der Waals surface area contributed by atoms with E-state index in [1.165, 1.54) is 24.3 Å². The van der Waals surface area contributed by atoms with Crippen LogP contribution >= 0.6 is 0 Å². The van der Waals surface area contributed by atoms with Gasteiger partial charge in [-0.2, -0.15) is 0 Å². The number of amides is 3. The van der Waals surface area contributed by atoms with Gasteiger partial charge in [0.05, 0.1) is 6.04 Å². The Labute approximate surface area is 288 Å². The second-order valence-corrected chi connectivity index (χ2v) is 12.1. The molecule has 5 aromatic rings. The molecule has 5 rings (SSSR count). The summed E-state index contributed by atoms with van der Waals surface area (Å²) >= 11 is 0. The normalized spacial score (nSPS) is 13.5. The third-order valence-electron chi connectivity index (χ3n) is 8.37. The number of nitrogens with two attached hydrogens (primary N) is 1. The molecule has 0 saturated heterocycles. The molecule has 4 atom stereocenters. The average molecular weight is 678 g/mol. The van der Waals surface area contributed by atoms with Gasteiger partial charge in [0.2, 0.25) is 17.7 Å². The monoisotopic (exact) mass is 677 g/mol. The van der Waals surface area contributed by atoms with Crippen LogP contribution < -0.4 is 21.7 Å². The van der Waals surface area contributed by atoms with Crippen LogP contribution in [0, 0.1) is 0 Å². The summed E-state index contributed by atoms with van der Waals surface area (Å²) in [4.78, 5) is 56.6. The molecule has 258 valence electrons. The maximum atomic E-state index is 14.0. The first kappa shape index (κ1) is 35.2. The third kappa shape index (κ3) is 9.48. The maximum Gasteiger partial charge on any atom is 0.326 e. The number of nitrogens with one attached hydrogen (secondary N) is 4. The highest BCUT2D eigenvalue weighted by Gasteiger charge is 2.31. The molecule has 12 nitrogen and oxygen atoms in total. The Kier molecular flexibility index (Phi) is 11.5. The molecule has 1 heterocycles. The predicted molar refractivity (Wildman–Crippen MR) is 187 cm³/mol. The minimum absolute atomic E-state index is 0.00301. The molecular weight excluding hydrogens is 638 g/mol. The predicted octanol–water partition coefficient (Wildman–Crippen LogP) is 2.72. The van der Waals surface area contributed by atoms with Crippen molar-refractivity contribution >= 4 is 34.6 Å². The Morgan fingerprint density at radius 2 is 1.06 bits per heavy atom. The lowest BCUT2D eigenvalue weighted by atomic mass is 10.00. The maximum absolute atomic E-state index is 14.0. The molecule has 12 heteroatoms. The first-order valence-electron chi connectivity index (χ1n) is 16.1. The summed E-state index contributed by atoms with van der Waals surface area (Å²) in [6.45, 7) is 0. The van der Waals surface area contributed by atoms with Crippen molar-refractivity contribution in [2.75, 3.05) is 0 Å². The lowest BCUT2D eigenvalue weighted by molar-refractivity contribution is -0.142. The number of carboxylic acids is 1. The van der Waals surface area contributed by atoms with Crippen LogP contribution in [-0.4, -0.2) is 68.2 Å². The number of carboxylic acid groups (broad SMARTS) is 1. The van der Waals surface area contributed by atoms with Crippen molar-refractivity contribution in [1.82, 2.24) is 20.9 Å². The van der Waals surface area contributed by atoms with E-state index in [9.17, 15) is 34.5 Å². The number of H-pyrrole nitrogens is 1. The first-order chi connectivity index (χ1) is 24.0. The van der Waals surface area contributed by atoms with E-state index in [1.54, 1.807) is 60.8 Å². The van der Waals surface area contributed by atoms with Crippen molar-refractivity contribution in [1.29, 1.82) is 0 Å². The number of phenolic OH excluding ortho intramolecular Hbond substituents is 2. The number of carbonyl (C=O) groups is 4. The molecule has 0 saturated carbocycles. The van der Waals surface area contributed by atoms with E-state index in [0.717, 1.165) is 10.9 Å². The fraction of sp³-hybridized carbons (Fsp3) is 0.211. The van der Waals surface area contributed by atoms with Crippen LogP contribution in [0.25, 0.3) is 10.9 Å². The summed E-state index contributed by atoms with van der Waals surface area (Å²) in [5.74, 6) is -3.18. The van der Waals surface area contributed by atoms with Gasteiger partial charge in [-0.1, -0.05) is 72.8 Å². The molecule has 0 spiro atoms. The number of carbonyl (C=O) groups excluding carboxylic acids is 3. The molecule has 0 aliphatic rings. The molecule has 50 heavy (non-hydrogen) atoms. The lowest BCUT2D eigenvalue weighted by Crippen LogP contribution is -2.58. The Morgan fingerprint density at radius 3 is 1.68 bits per heavy atom. The zero-order valence-corrected chi connectivity index (χ0v) is 27.1. The number of benzene rings is 4. The molecule has 0 aliphatic carbocycles. The molecule has 1 aromatic heterocycles. The summed E-state index contributed by atoms with van der Waals surface area (Å²) < 4.78 is 0. The number of para-hydroxylation sites is 1. The van der Waals surface area contributed by atoms with Gasteiger partial charge in [-0.15, -0.1) is 0 Å². The first-order valence-corrected chi connectivity index (χ1v) is 16.1. The van der Waals surface area contributed by atoms with Gasteiger partial charge in [0, 0.05) is 36.4 Å². The standard InChI is InChI=1S/C38H39N5O7/c39-30(18-24-10-14-27(44)15-11-24)35(46)41-32(19-25-12-16-28(45)17-13-25)36(47)42-33(21-26-22-40-31-9-5-4-8-29(26)31)37(48)43-34(38(49)50)20-23-6-2-1-3-7-23/h1-17,22,30,32-34,40,44-45H,18-21,39H2,(H,41,46)(H,42,47)(H,43,48)(H,49,50). The highest BCUT2D eigenvalue weighted by molar-refractivity contribution is 5.95. The van der Waals surface area contributed by atoms with Crippen molar-refractivity contribution in [3.05, 3.63) is 132 Å². The van der Waals surface area contributed by atoms with E-state index in [4.69, 9.17) is 5.73 Å². The number of aromatic nitrogens is 1. The van der Waals surface area contributed by atoms with Crippen molar-refractivity contribution in [3.63, 3.8) is 0 Å². The minimum atomic E-state index is -1.28. The van der Waals surface area contributed by atoms with Crippen molar-refractivity contribution in [2.24, 2.45) is 5.73 Å². The molecule has 0 aliphatic heterocycles. The van der Waals surface area contributed by atoms with E-state index in [0.29, 0.717) is 22.3 Å². The van der Waals surface area contributed by atoms with Crippen LogP contribution in [0.5, 0.6) is 11.5 Å². The van der Waals surface area contributed by atoms with Gasteiger partial charge in [-0.25, -0.2) is 4.79 Å². The summed E-state index contributed by atoms with van der Waals surface area (Å²) in [6, 6.07) is 23.9. The third-order valence-corrected chi connectivity index (χ3v) is 8.37. The average Bonchev–Trinajstić information content (AvgIpc) is 3.52. The van der Waals surface area contributed by atoms with Crippen LogP contribution in [-0.2, 0) is 44.9 Å². The summed E-state index contributed by atoms with van der Waals surface area (Å²) in [5.41, 5.74) is 9.78. The van der Waals surface area contributed by atoms with Gasteiger partial charge < -0.3 is 42.0 Å². The zero-order valence-electron chi connectivity index (χ0n) is 27.1. The van der Waals surface area contributed by atoms with Gasteiger partial charge in [0.15, 0.2) is 0 Å². The topological polar surface area (TPSA) is 207 Å². The molecule has 4 unspecified atom stereocenters. The van der Waals surface area contributed by atoms with E-state index >= 15 is 0 Å². The Morgan fingerprint density at radius 1 is 0.580 bits per heavy atom. The van der Waals surface area contributed by atoms with Crippen molar-refractivity contribution < 1.29 is 34.5 Å². The van der Waals surface area contributed by atoms with Gasteiger partial charge in [-0.3, -0.25) is 14.4 Å². The van der Waals surface area contributed by atoms with E-state index in [-0.39, 0.29) is 37.2 Å². The number of aromatic amines is 1. The zero-order chi connectivity index (χ0) is 35.6. The number of rotatable bonds is 15. The van der Waals surface area contributed by atoms with Crippen molar-refractivity contribution in [2.45, 2.75) is 49.9 Å². The highest BCUT2D eigenvalue weighted by atomic mass is 16.4. The number of aliphatic carboxylic acids is 1. The van der Waals surface area contributed by atoms with Crippen LogP contribution in [0.4, 0.5) is 0 Å². The van der Waals surface area contributed by atoms with E-state index in [2.05, 4.69) is 20.9 Å². The van der Waals surface area contributed by atoms with Crippen LogP contribution in [0.3, 0.4) is 0 Å². The Bertz CT molecular complexity index is 1930. The van der Waals surface area contributed by atoms with Crippen LogP contribution in [0.15, 0.2) is 109 Å². The Balaban J connectivity index is 1.39. The lowest BCUT2D eigenvalue weighted by Gasteiger charge is -2.25. The number of hydrogen-bond acceptors (Lipinski definition) is 7. The van der Waals surface area contributed by atoms with Crippen LogP contribution in [0.1, 0.15) is 22.3 Å².